The smallest absolute Gasteiger partial charge is 0.338 e. The van der Waals surface area contributed by atoms with Crippen molar-refractivity contribution in [1.29, 1.82) is 0 Å². The van der Waals surface area contributed by atoms with Gasteiger partial charge in [-0.3, -0.25) is 0 Å². The van der Waals surface area contributed by atoms with Gasteiger partial charge in [0.25, 0.3) is 0 Å². The lowest BCUT2D eigenvalue weighted by atomic mass is 10.2. The number of benzene rings is 1. The molecule has 1 atom stereocenters. The monoisotopic (exact) mass is 292 g/mol. The molecule has 2 rings (SSSR count). The van der Waals surface area contributed by atoms with Crippen LogP contribution in [0.3, 0.4) is 0 Å². The Bertz CT molecular complexity index is 655. The Morgan fingerprint density at radius 3 is 2.71 bits per heavy atom. The number of carbonyl (C=O) groups excluding carboxylic acids is 1. The van der Waals surface area contributed by atoms with E-state index < -0.39 is 23.4 Å². The molecule has 110 valence electrons. The molecule has 1 heterocycles. The molecule has 0 saturated carbocycles. The van der Waals surface area contributed by atoms with Gasteiger partial charge < -0.3 is 20.2 Å². The van der Waals surface area contributed by atoms with E-state index in [0.717, 1.165) is 12.1 Å². The van der Waals surface area contributed by atoms with Crippen LogP contribution in [0.25, 0.3) is 0 Å². The van der Waals surface area contributed by atoms with Crippen molar-refractivity contribution in [2.75, 3.05) is 5.32 Å². The first kappa shape index (κ1) is 14.6. The number of carboxylic acid groups (broad SMARTS) is 1. The Hall–Kier alpha value is -2.83. The van der Waals surface area contributed by atoms with Gasteiger partial charge in [-0.05, 0) is 37.3 Å². The van der Waals surface area contributed by atoms with E-state index in [-0.39, 0.29) is 11.7 Å². The molecule has 21 heavy (non-hydrogen) atoms. The molecule has 7 heteroatoms. The highest BCUT2D eigenvalue weighted by molar-refractivity contribution is 5.93. The van der Waals surface area contributed by atoms with E-state index in [1.807, 2.05) is 0 Å². The van der Waals surface area contributed by atoms with Crippen molar-refractivity contribution in [2.24, 2.45) is 0 Å². The minimum absolute atomic E-state index is 0.179. The van der Waals surface area contributed by atoms with E-state index in [1.165, 1.54) is 12.3 Å². The predicted octanol–water partition coefficient (Wildman–Crippen LogP) is 3.00. The average molecular weight is 292 g/mol. The van der Waals surface area contributed by atoms with Crippen molar-refractivity contribution in [3.8, 4) is 0 Å². The topological polar surface area (TPSA) is 91.6 Å². The quantitative estimate of drug-likeness (QED) is 0.807. The van der Waals surface area contributed by atoms with Gasteiger partial charge in [0.05, 0.1) is 17.9 Å². The van der Waals surface area contributed by atoms with Crippen LogP contribution in [-0.4, -0.2) is 17.1 Å². The molecule has 1 unspecified atom stereocenters. The Morgan fingerprint density at radius 1 is 1.33 bits per heavy atom. The molecule has 0 spiro atoms. The Balaban J connectivity index is 2.03. The van der Waals surface area contributed by atoms with Crippen molar-refractivity contribution < 1.29 is 23.5 Å². The molecule has 0 bridgehead atoms. The average Bonchev–Trinajstić information content (AvgIpc) is 2.94. The summed E-state index contributed by atoms with van der Waals surface area (Å²) in [5.41, 5.74) is -0.329. The summed E-state index contributed by atoms with van der Waals surface area (Å²) in [6.07, 6.45) is 1.49. The molecule has 2 amide bonds. The zero-order valence-electron chi connectivity index (χ0n) is 11.1. The molecule has 0 saturated heterocycles. The van der Waals surface area contributed by atoms with Crippen LogP contribution < -0.4 is 10.6 Å². The predicted molar refractivity (Wildman–Crippen MR) is 72.6 cm³/mol. The third-order valence-corrected chi connectivity index (χ3v) is 2.77. The molecule has 0 aliphatic carbocycles. The zero-order chi connectivity index (χ0) is 15.4. The first-order chi connectivity index (χ1) is 9.97. The van der Waals surface area contributed by atoms with Gasteiger partial charge in [-0.25, -0.2) is 14.0 Å². The van der Waals surface area contributed by atoms with Gasteiger partial charge >= 0.3 is 12.0 Å². The highest BCUT2D eigenvalue weighted by atomic mass is 19.1. The fraction of sp³-hybridized carbons (Fsp3) is 0.143. The SMILES string of the molecule is CC(NC(=O)Nc1ccc(F)c(C(=O)O)c1)c1ccco1. The number of hydrogen-bond donors (Lipinski definition) is 3. The molecule has 0 aliphatic heterocycles. The Kier molecular flexibility index (Phi) is 4.22. The van der Waals surface area contributed by atoms with Gasteiger partial charge in [0, 0.05) is 5.69 Å². The summed E-state index contributed by atoms with van der Waals surface area (Å²) in [5.74, 6) is -1.69. The molecule has 0 radical (unpaired) electrons. The van der Waals surface area contributed by atoms with Crippen LogP contribution in [0.2, 0.25) is 0 Å². The lowest BCUT2D eigenvalue weighted by Gasteiger charge is -2.13. The molecule has 3 N–H and O–H groups in total. The number of rotatable bonds is 4. The fourth-order valence-corrected chi connectivity index (χ4v) is 1.74. The van der Waals surface area contributed by atoms with Crippen molar-refractivity contribution in [3.63, 3.8) is 0 Å². The van der Waals surface area contributed by atoms with Crippen LogP contribution in [0, 0.1) is 5.82 Å². The van der Waals surface area contributed by atoms with E-state index in [0.29, 0.717) is 5.76 Å². The summed E-state index contributed by atoms with van der Waals surface area (Å²) < 4.78 is 18.4. The number of carboxylic acids is 1. The third-order valence-electron chi connectivity index (χ3n) is 2.77. The molecule has 6 nitrogen and oxygen atoms in total. The largest absolute Gasteiger partial charge is 0.478 e. The maximum Gasteiger partial charge on any atom is 0.338 e. The normalized spacial score (nSPS) is 11.7. The Morgan fingerprint density at radius 2 is 2.10 bits per heavy atom. The van der Waals surface area contributed by atoms with Crippen molar-refractivity contribution in [1.82, 2.24) is 5.32 Å². The van der Waals surface area contributed by atoms with E-state index in [2.05, 4.69) is 10.6 Å². The molecule has 2 aromatic rings. The number of aromatic carboxylic acids is 1. The van der Waals surface area contributed by atoms with Crippen molar-refractivity contribution >= 4 is 17.7 Å². The van der Waals surface area contributed by atoms with Crippen molar-refractivity contribution in [3.05, 3.63) is 53.7 Å². The zero-order valence-corrected chi connectivity index (χ0v) is 11.1. The Labute approximate surface area is 119 Å². The van der Waals surface area contributed by atoms with Crippen LogP contribution in [0.1, 0.15) is 29.1 Å². The highest BCUT2D eigenvalue weighted by Crippen LogP contribution is 2.16. The summed E-state index contributed by atoms with van der Waals surface area (Å²) in [7, 11) is 0. The lowest BCUT2D eigenvalue weighted by Crippen LogP contribution is -2.31. The minimum Gasteiger partial charge on any atom is -0.478 e. The number of urea groups is 1. The van der Waals surface area contributed by atoms with E-state index in [9.17, 15) is 14.0 Å². The molecular weight excluding hydrogens is 279 g/mol. The van der Waals surface area contributed by atoms with Crippen molar-refractivity contribution in [2.45, 2.75) is 13.0 Å². The second-order valence-electron chi connectivity index (χ2n) is 4.34. The molecule has 0 fully saturated rings. The first-order valence-corrected chi connectivity index (χ1v) is 6.11. The summed E-state index contributed by atoms with van der Waals surface area (Å²) in [6, 6.07) is 5.81. The molecule has 1 aromatic carbocycles. The summed E-state index contributed by atoms with van der Waals surface area (Å²) >= 11 is 0. The van der Waals surface area contributed by atoms with Gasteiger partial charge in [-0.15, -0.1) is 0 Å². The van der Waals surface area contributed by atoms with E-state index >= 15 is 0 Å². The van der Waals surface area contributed by atoms with Crippen LogP contribution in [0.15, 0.2) is 41.0 Å². The number of nitrogens with one attached hydrogen (secondary N) is 2. The summed E-state index contributed by atoms with van der Waals surface area (Å²) in [5, 5.41) is 13.9. The molecule has 0 aliphatic rings. The maximum absolute atomic E-state index is 13.2. The van der Waals surface area contributed by atoms with Gasteiger partial charge in [0.1, 0.15) is 11.6 Å². The number of hydrogen-bond acceptors (Lipinski definition) is 3. The van der Waals surface area contributed by atoms with Gasteiger partial charge in [0.15, 0.2) is 0 Å². The molecular formula is C14H13FN2O4. The maximum atomic E-state index is 13.2. The molecule has 1 aromatic heterocycles. The summed E-state index contributed by atoms with van der Waals surface area (Å²) in [6.45, 7) is 1.73. The lowest BCUT2D eigenvalue weighted by molar-refractivity contribution is 0.0692. The second-order valence-corrected chi connectivity index (χ2v) is 4.34. The van der Waals surface area contributed by atoms with E-state index in [1.54, 1.807) is 19.1 Å². The van der Waals surface area contributed by atoms with Crippen LogP contribution in [0.5, 0.6) is 0 Å². The summed E-state index contributed by atoms with van der Waals surface area (Å²) in [4.78, 5) is 22.6. The standard InChI is InChI=1S/C14H13FN2O4/c1-8(12-3-2-6-21-12)16-14(20)17-9-4-5-11(15)10(7-9)13(18)19/h2-8H,1H3,(H,18,19)(H2,16,17,20). The second kappa shape index (κ2) is 6.08. The van der Waals surface area contributed by atoms with E-state index in [4.69, 9.17) is 9.52 Å². The van der Waals surface area contributed by atoms with Gasteiger partial charge in [-0.2, -0.15) is 0 Å². The first-order valence-electron chi connectivity index (χ1n) is 6.11. The van der Waals surface area contributed by atoms with Gasteiger partial charge in [0.2, 0.25) is 0 Å². The minimum atomic E-state index is -1.40. The number of furan rings is 1. The fourth-order valence-electron chi connectivity index (χ4n) is 1.74. The number of carbonyl (C=O) groups is 2. The van der Waals surface area contributed by atoms with Crippen LogP contribution in [-0.2, 0) is 0 Å². The number of anilines is 1. The number of amides is 2. The third kappa shape index (κ3) is 3.59. The number of halogens is 1. The van der Waals surface area contributed by atoms with Gasteiger partial charge in [-0.1, -0.05) is 0 Å². The van der Waals surface area contributed by atoms with Crippen LogP contribution >= 0.6 is 0 Å². The van der Waals surface area contributed by atoms with Crippen LogP contribution in [0.4, 0.5) is 14.9 Å². The highest BCUT2D eigenvalue weighted by Gasteiger charge is 2.14.